The minimum absolute atomic E-state index is 0.757. The van der Waals surface area contributed by atoms with Crippen LogP contribution in [0.1, 0.15) is 20.3 Å². The molecule has 2 heterocycles. The highest BCUT2D eigenvalue weighted by atomic mass is 32.2. The van der Waals surface area contributed by atoms with Gasteiger partial charge < -0.3 is 4.90 Å². The van der Waals surface area contributed by atoms with E-state index in [9.17, 15) is 0 Å². The number of hydrogen-bond acceptors (Lipinski definition) is 3. The molecule has 0 saturated carbocycles. The third kappa shape index (κ3) is 1.35. The summed E-state index contributed by atoms with van der Waals surface area (Å²) in [5.74, 6) is 2.03. The van der Waals surface area contributed by atoms with E-state index < -0.39 is 0 Å². The van der Waals surface area contributed by atoms with Gasteiger partial charge in [-0.25, -0.2) is 0 Å². The molecule has 2 nitrogen and oxygen atoms in total. The van der Waals surface area contributed by atoms with Gasteiger partial charge in [-0.2, -0.15) is 0 Å². The van der Waals surface area contributed by atoms with Gasteiger partial charge in [-0.1, -0.05) is 25.6 Å². The molecule has 2 rings (SSSR count). The van der Waals surface area contributed by atoms with E-state index in [-0.39, 0.29) is 0 Å². The Morgan fingerprint density at radius 1 is 1.58 bits per heavy atom. The van der Waals surface area contributed by atoms with Crippen molar-refractivity contribution in [2.24, 2.45) is 10.9 Å². The Balaban J connectivity index is 2.10. The summed E-state index contributed by atoms with van der Waals surface area (Å²) in [7, 11) is 0. The van der Waals surface area contributed by atoms with Crippen LogP contribution in [0.4, 0.5) is 0 Å². The summed E-state index contributed by atoms with van der Waals surface area (Å²) in [6.07, 6.45) is 1.33. The predicted octanol–water partition coefficient (Wildman–Crippen LogP) is 1.82. The fraction of sp³-hybridized carbons (Fsp3) is 0.889. The molecule has 0 bridgehead atoms. The van der Waals surface area contributed by atoms with Gasteiger partial charge in [-0.3, -0.25) is 4.99 Å². The summed E-state index contributed by atoms with van der Waals surface area (Å²) in [6, 6.07) is 0.757. The molecule has 12 heavy (non-hydrogen) atoms. The van der Waals surface area contributed by atoms with E-state index in [1.807, 2.05) is 11.8 Å². The first kappa shape index (κ1) is 8.42. The highest BCUT2D eigenvalue weighted by Crippen LogP contribution is 2.29. The van der Waals surface area contributed by atoms with Gasteiger partial charge in [0.25, 0.3) is 0 Å². The summed E-state index contributed by atoms with van der Waals surface area (Å²) in [5, 5.41) is 1.31. The fourth-order valence-electron chi connectivity index (χ4n) is 2.00. The van der Waals surface area contributed by atoms with Crippen LogP contribution >= 0.6 is 11.8 Å². The molecule has 0 aromatic heterocycles. The molecule has 0 aliphatic carbocycles. The van der Waals surface area contributed by atoms with E-state index in [2.05, 4.69) is 23.7 Å². The second-order valence-electron chi connectivity index (χ2n) is 3.81. The van der Waals surface area contributed by atoms with Gasteiger partial charge in [0.2, 0.25) is 0 Å². The Bertz CT molecular complexity index is 201. The van der Waals surface area contributed by atoms with Crippen LogP contribution in [0, 0.1) is 5.92 Å². The second kappa shape index (κ2) is 3.29. The number of fused-ring (bicyclic) bond motifs is 1. The Morgan fingerprint density at radius 3 is 3.17 bits per heavy atom. The molecule has 1 atom stereocenters. The zero-order valence-corrected chi connectivity index (χ0v) is 8.60. The zero-order valence-electron chi connectivity index (χ0n) is 7.79. The average Bonchev–Trinajstić information content (AvgIpc) is 2.49. The van der Waals surface area contributed by atoms with Gasteiger partial charge in [-0.05, 0) is 12.3 Å². The van der Waals surface area contributed by atoms with Crippen molar-refractivity contribution in [1.29, 1.82) is 0 Å². The standard InChI is InChI=1S/C9H16N2S/c1-7(2)8-3-6-12-9-10-4-5-11(8)9/h7-8H,3-6H2,1-2H3. The van der Waals surface area contributed by atoms with E-state index >= 15 is 0 Å². The molecule has 0 radical (unpaired) electrons. The lowest BCUT2D eigenvalue weighted by atomic mass is 10.0. The molecule has 0 aromatic rings. The van der Waals surface area contributed by atoms with Gasteiger partial charge in [-0.15, -0.1) is 0 Å². The maximum atomic E-state index is 4.50. The molecule has 68 valence electrons. The van der Waals surface area contributed by atoms with E-state index in [1.165, 1.54) is 17.3 Å². The first-order chi connectivity index (χ1) is 5.79. The van der Waals surface area contributed by atoms with Crippen molar-refractivity contribution >= 4 is 16.9 Å². The Labute approximate surface area is 78.4 Å². The van der Waals surface area contributed by atoms with Crippen molar-refractivity contribution < 1.29 is 0 Å². The second-order valence-corrected chi connectivity index (χ2v) is 4.87. The van der Waals surface area contributed by atoms with Crippen LogP contribution in [0.25, 0.3) is 0 Å². The van der Waals surface area contributed by atoms with Crippen molar-refractivity contribution in [3.8, 4) is 0 Å². The highest BCUT2D eigenvalue weighted by Gasteiger charge is 2.31. The predicted molar refractivity (Wildman–Crippen MR) is 54.7 cm³/mol. The SMILES string of the molecule is CC(C)C1CCSC2=NCCN21. The van der Waals surface area contributed by atoms with E-state index in [0.29, 0.717) is 0 Å². The van der Waals surface area contributed by atoms with Crippen molar-refractivity contribution in [3.05, 3.63) is 0 Å². The van der Waals surface area contributed by atoms with Crippen LogP contribution < -0.4 is 0 Å². The van der Waals surface area contributed by atoms with E-state index in [4.69, 9.17) is 0 Å². The number of thioether (sulfide) groups is 1. The maximum Gasteiger partial charge on any atom is 0.159 e. The van der Waals surface area contributed by atoms with E-state index in [1.54, 1.807) is 0 Å². The Hall–Kier alpha value is -0.180. The van der Waals surface area contributed by atoms with Crippen molar-refractivity contribution in [3.63, 3.8) is 0 Å². The molecule has 3 heteroatoms. The molecule has 0 spiro atoms. The third-order valence-corrected chi connectivity index (χ3v) is 3.71. The van der Waals surface area contributed by atoms with Gasteiger partial charge in [0.05, 0.1) is 6.54 Å². The number of nitrogens with zero attached hydrogens (tertiary/aromatic N) is 2. The molecule has 1 saturated heterocycles. The van der Waals surface area contributed by atoms with Crippen LogP contribution in [0.2, 0.25) is 0 Å². The fourth-order valence-corrected chi connectivity index (χ4v) is 3.11. The minimum atomic E-state index is 0.757. The minimum Gasteiger partial charge on any atom is -0.346 e. The molecule has 2 aliphatic heterocycles. The molecular weight excluding hydrogens is 168 g/mol. The molecular formula is C9H16N2S. The number of rotatable bonds is 1. The summed E-state index contributed by atoms with van der Waals surface area (Å²) in [5.41, 5.74) is 0. The van der Waals surface area contributed by atoms with E-state index in [0.717, 1.165) is 25.0 Å². The van der Waals surface area contributed by atoms with Crippen molar-refractivity contribution in [2.75, 3.05) is 18.8 Å². The summed E-state index contributed by atoms with van der Waals surface area (Å²) in [4.78, 5) is 6.99. The largest absolute Gasteiger partial charge is 0.346 e. The topological polar surface area (TPSA) is 15.6 Å². The number of aliphatic imine (C=N–C) groups is 1. The van der Waals surface area contributed by atoms with Crippen LogP contribution in [0.15, 0.2) is 4.99 Å². The molecule has 2 aliphatic rings. The highest BCUT2D eigenvalue weighted by molar-refractivity contribution is 8.13. The molecule has 0 N–H and O–H groups in total. The van der Waals surface area contributed by atoms with Gasteiger partial charge in [0.15, 0.2) is 5.17 Å². The summed E-state index contributed by atoms with van der Waals surface area (Å²) >= 11 is 1.93. The first-order valence-corrected chi connectivity index (χ1v) is 5.71. The zero-order chi connectivity index (χ0) is 8.55. The molecule has 1 unspecified atom stereocenters. The lowest BCUT2D eigenvalue weighted by Gasteiger charge is -2.36. The van der Waals surface area contributed by atoms with Crippen molar-refractivity contribution in [1.82, 2.24) is 4.90 Å². The summed E-state index contributed by atoms with van der Waals surface area (Å²) < 4.78 is 0. The molecule has 0 amide bonds. The summed E-state index contributed by atoms with van der Waals surface area (Å²) in [6.45, 7) is 6.81. The van der Waals surface area contributed by atoms with Crippen LogP contribution in [0.3, 0.4) is 0 Å². The van der Waals surface area contributed by atoms with Crippen molar-refractivity contribution in [2.45, 2.75) is 26.3 Å². The first-order valence-electron chi connectivity index (χ1n) is 4.73. The molecule has 0 aromatic carbocycles. The number of amidine groups is 1. The van der Waals surface area contributed by atoms with Crippen LogP contribution in [-0.2, 0) is 0 Å². The number of hydrogen-bond donors (Lipinski definition) is 0. The molecule has 1 fully saturated rings. The normalized spacial score (nSPS) is 29.1. The Morgan fingerprint density at radius 2 is 2.42 bits per heavy atom. The smallest absolute Gasteiger partial charge is 0.159 e. The van der Waals surface area contributed by atoms with Crippen LogP contribution in [-0.4, -0.2) is 35.0 Å². The van der Waals surface area contributed by atoms with Crippen LogP contribution in [0.5, 0.6) is 0 Å². The van der Waals surface area contributed by atoms with Gasteiger partial charge >= 0.3 is 0 Å². The lowest BCUT2D eigenvalue weighted by Crippen LogP contribution is -2.43. The van der Waals surface area contributed by atoms with Gasteiger partial charge in [0, 0.05) is 18.3 Å². The monoisotopic (exact) mass is 184 g/mol. The average molecular weight is 184 g/mol. The Kier molecular flexibility index (Phi) is 2.31. The third-order valence-electron chi connectivity index (χ3n) is 2.65. The van der Waals surface area contributed by atoms with Gasteiger partial charge in [0.1, 0.15) is 0 Å². The maximum absolute atomic E-state index is 4.50. The quantitative estimate of drug-likeness (QED) is 0.618. The lowest BCUT2D eigenvalue weighted by molar-refractivity contribution is 0.259.